The van der Waals surface area contributed by atoms with E-state index in [-0.39, 0.29) is 24.0 Å². The summed E-state index contributed by atoms with van der Waals surface area (Å²) in [7, 11) is 1.82. The topological polar surface area (TPSA) is 70.4 Å². The lowest BCUT2D eigenvalue weighted by Crippen LogP contribution is -2.44. The van der Waals surface area contributed by atoms with E-state index in [4.69, 9.17) is 0 Å². The van der Waals surface area contributed by atoms with Crippen LogP contribution in [0.3, 0.4) is 0 Å². The summed E-state index contributed by atoms with van der Waals surface area (Å²) in [6, 6.07) is 10.7. The van der Waals surface area contributed by atoms with Gasteiger partial charge in [0, 0.05) is 43.6 Å². The summed E-state index contributed by atoms with van der Waals surface area (Å²) >= 11 is 1.84. The molecule has 1 saturated heterocycles. The zero-order valence-electron chi connectivity index (χ0n) is 18.6. The van der Waals surface area contributed by atoms with Crippen LogP contribution in [-0.4, -0.2) is 52.3 Å². The van der Waals surface area contributed by atoms with E-state index < -0.39 is 0 Å². The van der Waals surface area contributed by atoms with Gasteiger partial charge < -0.3 is 10.6 Å². The molecule has 1 unspecified atom stereocenters. The number of pyridine rings is 1. The molecule has 32 heavy (non-hydrogen) atoms. The van der Waals surface area contributed by atoms with Gasteiger partial charge in [0.25, 0.3) is 0 Å². The molecule has 1 aliphatic rings. The van der Waals surface area contributed by atoms with Crippen LogP contribution in [0.4, 0.5) is 0 Å². The monoisotopic (exact) mass is 565 g/mol. The first-order valence-corrected chi connectivity index (χ1v) is 11.8. The van der Waals surface area contributed by atoms with Gasteiger partial charge in [0.05, 0.1) is 6.04 Å². The van der Waals surface area contributed by atoms with Crippen LogP contribution in [0.2, 0.25) is 0 Å². The SMILES string of the molecule is CN=C(NCc1ccnc(-n2cccn2)c1)NCC(c1cccs1)N1CCC(C)CC1.I. The smallest absolute Gasteiger partial charge is 0.191 e. The van der Waals surface area contributed by atoms with Crippen LogP contribution >= 0.6 is 35.3 Å². The van der Waals surface area contributed by atoms with Crippen molar-refractivity contribution in [3.8, 4) is 5.82 Å². The summed E-state index contributed by atoms with van der Waals surface area (Å²) in [5, 5.41) is 13.4. The third-order valence-electron chi connectivity index (χ3n) is 5.83. The molecule has 0 spiro atoms. The maximum atomic E-state index is 4.43. The normalized spacial score (nSPS) is 16.4. The van der Waals surface area contributed by atoms with Crippen molar-refractivity contribution in [3.05, 3.63) is 64.7 Å². The highest BCUT2D eigenvalue weighted by Crippen LogP contribution is 2.29. The summed E-state index contributed by atoms with van der Waals surface area (Å²) in [5.74, 6) is 2.45. The Bertz CT molecular complexity index is 951. The predicted octanol–water partition coefficient (Wildman–Crippen LogP) is 4.09. The van der Waals surface area contributed by atoms with Crippen molar-refractivity contribution < 1.29 is 0 Å². The van der Waals surface area contributed by atoms with E-state index in [1.807, 2.05) is 49.0 Å². The molecular weight excluding hydrogens is 533 g/mol. The molecule has 4 heterocycles. The molecule has 4 rings (SSSR count). The molecule has 9 heteroatoms. The molecule has 3 aromatic heterocycles. The quantitative estimate of drug-likeness (QED) is 0.257. The second-order valence-corrected chi connectivity index (χ2v) is 9.01. The first-order chi connectivity index (χ1) is 15.2. The van der Waals surface area contributed by atoms with Crippen LogP contribution < -0.4 is 10.6 Å². The van der Waals surface area contributed by atoms with Crippen molar-refractivity contribution in [3.63, 3.8) is 0 Å². The van der Waals surface area contributed by atoms with Crippen molar-refractivity contribution >= 4 is 41.3 Å². The fourth-order valence-corrected chi connectivity index (χ4v) is 4.79. The minimum Gasteiger partial charge on any atom is -0.354 e. The van der Waals surface area contributed by atoms with Gasteiger partial charge in [-0.15, -0.1) is 35.3 Å². The number of likely N-dealkylation sites (tertiary alicyclic amines) is 1. The Labute approximate surface area is 211 Å². The summed E-state index contributed by atoms with van der Waals surface area (Å²) < 4.78 is 1.77. The number of nitrogens with zero attached hydrogens (tertiary/aromatic N) is 5. The molecule has 7 nitrogen and oxygen atoms in total. The molecule has 0 amide bonds. The van der Waals surface area contributed by atoms with E-state index in [1.165, 1.54) is 17.7 Å². The number of rotatable bonds is 7. The standard InChI is InChI=1S/C23H31N7S.HI/c1-18-7-12-29(13-8-18)20(21-5-3-14-31-21)17-27-23(24-2)26-16-19-6-10-25-22(15-19)30-11-4-9-28-30;/h3-6,9-11,14-15,18,20H,7-8,12-13,16-17H2,1-2H3,(H2,24,26,27);1H. The number of halogens is 1. The highest BCUT2D eigenvalue weighted by molar-refractivity contribution is 14.0. The number of aliphatic imine (C=N–C) groups is 1. The van der Waals surface area contributed by atoms with E-state index in [0.29, 0.717) is 12.6 Å². The van der Waals surface area contributed by atoms with Gasteiger partial charge in [-0.25, -0.2) is 9.67 Å². The number of aromatic nitrogens is 3. The molecule has 3 aromatic rings. The molecule has 0 saturated carbocycles. The van der Waals surface area contributed by atoms with Crippen molar-refractivity contribution in [2.75, 3.05) is 26.7 Å². The number of piperidine rings is 1. The van der Waals surface area contributed by atoms with E-state index >= 15 is 0 Å². The van der Waals surface area contributed by atoms with Crippen LogP contribution in [0.1, 0.15) is 36.2 Å². The van der Waals surface area contributed by atoms with Crippen molar-refractivity contribution in [1.82, 2.24) is 30.3 Å². The lowest BCUT2D eigenvalue weighted by atomic mass is 9.97. The minimum absolute atomic E-state index is 0. The zero-order chi connectivity index (χ0) is 21.5. The Balaban J connectivity index is 0.00000289. The molecular formula is C23H32IN7S. The van der Waals surface area contributed by atoms with E-state index in [9.17, 15) is 0 Å². The van der Waals surface area contributed by atoms with Crippen molar-refractivity contribution in [2.45, 2.75) is 32.4 Å². The summed E-state index contributed by atoms with van der Waals surface area (Å²) in [5.41, 5.74) is 1.13. The fraction of sp³-hybridized carbons (Fsp3) is 0.435. The predicted molar refractivity (Wildman–Crippen MR) is 142 cm³/mol. The number of thiophene rings is 1. The summed E-state index contributed by atoms with van der Waals surface area (Å²) in [4.78, 5) is 12.9. The molecule has 1 atom stereocenters. The van der Waals surface area contributed by atoms with E-state index in [0.717, 1.165) is 42.9 Å². The van der Waals surface area contributed by atoms with Gasteiger partial charge in [-0.2, -0.15) is 5.10 Å². The van der Waals surface area contributed by atoms with E-state index in [2.05, 4.69) is 55.0 Å². The summed E-state index contributed by atoms with van der Waals surface area (Å²) in [6.45, 7) is 6.18. The van der Waals surface area contributed by atoms with Gasteiger partial charge in [-0.3, -0.25) is 9.89 Å². The maximum Gasteiger partial charge on any atom is 0.191 e. The molecule has 1 aliphatic heterocycles. The lowest BCUT2D eigenvalue weighted by Gasteiger charge is -2.36. The highest BCUT2D eigenvalue weighted by atomic mass is 127. The lowest BCUT2D eigenvalue weighted by molar-refractivity contribution is 0.140. The van der Waals surface area contributed by atoms with Gasteiger partial charge >= 0.3 is 0 Å². The molecule has 0 aliphatic carbocycles. The Hall–Kier alpha value is -1.98. The minimum atomic E-state index is 0. The third kappa shape index (κ3) is 6.52. The van der Waals surface area contributed by atoms with Gasteiger partial charge in [-0.1, -0.05) is 13.0 Å². The average Bonchev–Trinajstić information content (AvgIpc) is 3.52. The maximum absolute atomic E-state index is 4.43. The van der Waals surface area contributed by atoms with Crippen molar-refractivity contribution in [2.24, 2.45) is 10.9 Å². The van der Waals surface area contributed by atoms with Gasteiger partial charge in [0.15, 0.2) is 11.8 Å². The number of guanidine groups is 1. The number of nitrogens with one attached hydrogen (secondary N) is 2. The number of hydrogen-bond acceptors (Lipinski definition) is 5. The highest BCUT2D eigenvalue weighted by Gasteiger charge is 2.25. The van der Waals surface area contributed by atoms with Crippen LogP contribution in [0.15, 0.2) is 59.3 Å². The second kappa shape index (κ2) is 12.3. The Morgan fingerprint density at radius 3 is 2.75 bits per heavy atom. The van der Waals surface area contributed by atoms with Gasteiger partial charge in [0.2, 0.25) is 0 Å². The van der Waals surface area contributed by atoms with Crippen LogP contribution in [0.25, 0.3) is 5.82 Å². The van der Waals surface area contributed by atoms with E-state index in [1.54, 1.807) is 10.9 Å². The third-order valence-corrected chi connectivity index (χ3v) is 6.80. The zero-order valence-corrected chi connectivity index (χ0v) is 21.8. The molecule has 1 fully saturated rings. The first kappa shape index (κ1) is 24.7. The largest absolute Gasteiger partial charge is 0.354 e. The molecule has 0 radical (unpaired) electrons. The van der Waals surface area contributed by atoms with Crippen LogP contribution in [0.5, 0.6) is 0 Å². The first-order valence-electron chi connectivity index (χ1n) is 10.9. The molecule has 0 bridgehead atoms. The Kier molecular flexibility index (Phi) is 9.49. The van der Waals surface area contributed by atoms with Gasteiger partial charge in [-0.05, 0) is 67.1 Å². The molecule has 2 N–H and O–H groups in total. The Morgan fingerprint density at radius 1 is 1.22 bits per heavy atom. The summed E-state index contributed by atoms with van der Waals surface area (Å²) in [6.07, 6.45) is 8.01. The number of hydrogen-bond donors (Lipinski definition) is 2. The molecule has 0 aromatic carbocycles. The van der Waals surface area contributed by atoms with Crippen molar-refractivity contribution in [1.29, 1.82) is 0 Å². The fourth-order valence-electron chi connectivity index (χ4n) is 3.93. The average molecular weight is 566 g/mol. The second-order valence-electron chi connectivity index (χ2n) is 8.03. The van der Waals surface area contributed by atoms with Crippen LogP contribution in [-0.2, 0) is 6.54 Å². The Morgan fingerprint density at radius 2 is 2.06 bits per heavy atom. The molecule has 172 valence electrons. The van der Waals surface area contributed by atoms with Crippen LogP contribution in [0, 0.1) is 5.92 Å². The van der Waals surface area contributed by atoms with Gasteiger partial charge in [0.1, 0.15) is 0 Å².